The molecule has 162 valence electrons. The largest absolute Gasteiger partial charge is 0.292 e. The summed E-state index contributed by atoms with van der Waals surface area (Å²) in [5.74, 6) is -2.62. The number of ketones is 1. The van der Waals surface area contributed by atoms with Crippen molar-refractivity contribution < 1.29 is 14.4 Å². The lowest BCUT2D eigenvalue weighted by Gasteiger charge is -2.33. The lowest BCUT2D eigenvalue weighted by atomic mass is 9.83. The average molecular weight is 456 g/mol. The van der Waals surface area contributed by atoms with Gasteiger partial charge in [-0.15, -0.1) is 0 Å². The van der Waals surface area contributed by atoms with Crippen molar-refractivity contribution in [3.8, 4) is 0 Å². The molecule has 6 nitrogen and oxygen atoms in total. The van der Waals surface area contributed by atoms with Crippen LogP contribution in [0.4, 0.5) is 5.69 Å². The fourth-order valence-corrected chi connectivity index (χ4v) is 5.53. The first-order chi connectivity index (χ1) is 16.1. The summed E-state index contributed by atoms with van der Waals surface area (Å²) in [7, 11) is 0. The van der Waals surface area contributed by atoms with Gasteiger partial charge in [0.15, 0.2) is 5.78 Å². The smallest absolute Gasteiger partial charge is 0.240 e. The minimum Gasteiger partial charge on any atom is -0.292 e. The second kappa shape index (κ2) is 7.39. The summed E-state index contributed by atoms with van der Waals surface area (Å²) < 4.78 is 0. The molecule has 0 spiro atoms. The number of hydrogen-bond acceptors (Lipinski definition) is 5. The van der Waals surface area contributed by atoms with Gasteiger partial charge < -0.3 is 0 Å². The van der Waals surface area contributed by atoms with Crippen molar-refractivity contribution in [3.63, 3.8) is 0 Å². The number of hydrazone groups is 1. The van der Waals surface area contributed by atoms with Crippen LogP contribution in [0.3, 0.4) is 0 Å². The molecule has 7 heteroatoms. The molecule has 0 N–H and O–H groups in total. The number of fused-ring (bicyclic) bond motifs is 5. The SMILES string of the molecule is O=C(c1ccccc1)[C@@H]1[C@@H]2C(=O)N(c3ccccc3Cl)C(=O)[C@@H]2[C@@H]2c3ccccc3C=NN12. The van der Waals surface area contributed by atoms with Gasteiger partial charge in [0, 0.05) is 5.56 Å². The van der Waals surface area contributed by atoms with Gasteiger partial charge in [-0.25, -0.2) is 4.90 Å². The van der Waals surface area contributed by atoms with Gasteiger partial charge >= 0.3 is 0 Å². The van der Waals surface area contributed by atoms with Crippen LogP contribution in [-0.2, 0) is 9.59 Å². The molecule has 3 aromatic carbocycles. The molecular formula is C26H18ClN3O3. The molecule has 3 aliphatic heterocycles. The van der Waals surface area contributed by atoms with Crippen molar-refractivity contribution in [2.24, 2.45) is 16.9 Å². The van der Waals surface area contributed by atoms with Crippen molar-refractivity contribution in [3.05, 3.63) is 101 Å². The van der Waals surface area contributed by atoms with Crippen LogP contribution < -0.4 is 4.90 Å². The summed E-state index contributed by atoms with van der Waals surface area (Å²) >= 11 is 6.36. The molecular weight excluding hydrogens is 438 g/mol. The number of carbonyl (C=O) groups excluding carboxylic acids is 3. The third kappa shape index (κ3) is 2.80. The highest BCUT2D eigenvalue weighted by Gasteiger charge is 2.65. The van der Waals surface area contributed by atoms with E-state index in [0.717, 1.165) is 16.0 Å². The Labute approximate surface area is 195 Å². The van der Waals surface area contributed by atoms with E-state index in [1.54, 1.807) is 59.8 Å². The Balaban J connectivity index is 1.52. The Morgan fingerprint density at radius 3 is 2.27 bits per heavy atom. The van der Waals surface area contributed by atoms with E-state index in [2.05, 4.69) is 5.10 Å². The third-order valence-corrected chi connectivity index (χ3v) is 7.03. The first-order valence-electron chi connectivity index (χ1n) is 10.7. The fourth-order valence-electron chi connectivity index (χ4n) is 5.31. The zero-order valence-corrected chi connectivity index (χ0v) is 18.1. The number of para-hydroxylation sites is 1. The molecule has 0 bridgehead atoms. The number of nitrogens with zero attached hydrogens (tertiary/aromatic N) is 3. The van der Waals surface area contributed by atoms with Gasteiger partial charge in [-0.2, -0.15) is 5.10 Å². The molecule has 3 heterocycles. The lowest BCUT2D eigenvalue weighted by molar-refractivity contribution is -0.124. The molecule has 0 saturated carbocycles. The van der Waals surface area contributed by atoms with E-state index < -0.39 is 29.8 Å². The van der Waals surface area contributed by atoms with Gasteiger partial charge in [0.05, 0.1) is 34.8 Å². The first kappa shape index (κ1) is 19.9. The zero-order chi connectivity index (χ0) is 22.7. The monoisotopic (exact) mass is 455 g/mol. The van der Waals surface area contributed by atoms with Crippen molar-refractivity contribution in [1.82, 2.24) is 5.01 Å². The highest BCUT2D eigenvalue weighted by molar-refractivity contribution is 6.36. The van der Waals surface area contributed by atoms with Crippen molar-refractivity contribution in [2.75, 3.05) is 4.90 Å². The summed E-state index contributed by atoms with van der Waals surface area (Å²) in [6, 6.07) is 21.8. The maximum Gasteiger partial charge on any atom is 0.240 e. The van der Waals surface area contributed by atoms with Gasteiger partial charge in [-0.1, -0.05) is 78.3 Å². The third-order valence-electron chi connectivity index (χ3n) is 6.71. The molecule has 2 amide bonds. The van der Waals surface area contributed by atoms with Crippen LogP contribution in [0.15, 0.2) is 84.0 Å². The Kier molecular flexibility index (Phi) is 4.45. The van der Waals surface area contributed by atoms with E-state index in [4.69, 9.17) is 11.6 Å². The van der Waals surface area contributed by atoms with Crippen LogP contribution in [0, 0.1) is 11.8 Å². The number of halogens is 1. The van der Waals surface area contributed by atoms with Gasteiger partial charge in [-0.05, 0) is 23.3 Å². The van der Waals surface area contributed by atoms with E-state index >= 15 is 0 Å². The fraction of sp³-hybridized carbons (Fsp3) is 0.154. The summed E-state index contributed by atoms with van der Waals surface area (Å²) in [6.45, 7) is 0. The molecule has 3 aromatic rings. The molecule has 2 fully saturated rings. The quantitative estimate of drug-likeness (QED) is 0.440. The number of rotatable bonds is 3. The van der Waals surface area contributed by atoms with Crippen molar-refractivity contribution in [1.29, 1.82) is 0 Å². The number of amides is 2. The van der Waals surface area contributed by atoms with E-state index in [1.165, 1.54) is 0 Å². The summed E-state index contributed by atoms with van der Waals surface area (Å²) in [5, 5.41) is 6.53. The van der Waals surface area contributed by atoms with Crippen LogP contribution in [0.2, 0.25) is 5.02 Å². The average Bonchev–Trinajstić information content (AvgIpc) is 3.32. The molecule has 0 radical (unpaired) electrons. The minimum atomic E-state index is -0.893. The predicted octanol–water partition coefficient (Wildman–Crippen LogP) is 4.10. The molecule has 0 aromatic heterocycles. The maximum absolute atomic E-state index is 13.8. The van der Waals surface area contributed by atoms with Gasteiger partial charge in [0.25, 0.3) is 0 Å². The number of benzene rings is 3. The number of imide groups is 1. The highest BCUT2D eigenvalue weighted by Crippen LogP contribution is 2.53. The van der Waals surface area contributed by atoms with Crippen LogP contribution in [0.1, 0.15) is 27.5 Å². The zero-order valence-electron chi connectivity index (χ0n) is 17.3. The van der Waals surface area contributed by atoms with E-state index in [0.29, 0.717) is 16.3 Å². The van der Waals surface area contributed by atoms with Crippen LogP contribution in [0.5, 0.6) is 0 Å². The van der Waals surface area contributed by atoms with Gasteiger partial charge in [0.1, 0.15) is 6.04 Å². The van der Waals surface area contributed by atoms with Crippen LogP contribution in [0.25, 0.3) is 0 Å². The van der Waals surface area contributed by atoms with E-state index in [1.807, 2.05) is 30.3 Å². The molecule has 4 atom stereocenters. The molecule has 6 rings (SSSR count). The Bertz CT molecular complexity index is 1340. The normalized spacial score (nSPS) is 25.1. The Morgan fingerprint density at radius 2 is 1.48 bits per heavy atom. The number of Topliss-reactive ketones (excluding diaryl/α,β-unsaturated/α-hetero) is 1. The molecule has 2 saturated heterocycles. The predicted molar refractivity (Wildman–Crippen MR) is 124 cm³/mol. The Morgan fingerprint density at radius 1 is 0.818 bits per heavy atom. The molecule has 0 unspecified atom stereocenters. The van der Waals surface area contributed by atoms with Crippen LogP contribution >= 0.6 is 11.6 Å². The summed E-state index contributed by atoms with van der Waals surface area (Å²) in [6.07, 6.45) is 1.69. The van der Waals surface area contributed by atoms with E-state index in [9.17, 15) is 14.4 Å². The number of anilines is 1. The van der Waals surface area contributed by atoms with Crippen LogP contribution in [-0.4, -0.2) is 34.9 Å². The van der Waals surface area contributed by atoms with Gasteiger partial charge in [0.2, 0.25) is 11.8 Å². The van der Waals surface area contributed by atoms with Crippen molar-refractivity contribution >= 4 is 41.1 Å². The molecule has 0 aliphatic carbocycles. The maximum atomic E-state index is 13.8. The summed E-state index contributed by atoms with van der Waals surface area (Å²) in [4.78, 5) is 42.4. The summed E-state index contributed by atoms with van der Waals surface area (Å²) in [5.41, 5.74) is 2.58. The highest BCUT2D eigenvalue weighted by atomic mass is 35.5. The van der Waals surface area contributed by atoms with Crippen molar-refractivity contribution in [2.45, 2.75) is 12.1 Å². The molecule has 33 heavy (non-hydrogen) atoms. The molecule has 3 aliphatic rings. The Hall–Kier alpha value is -3.77. The standard InChI is InChI=1S/C26H18ClN3O3/c27-18-12-6-7-13-19(18)29-25(32)20-21(26(29)33)23(24(31)15-8-2-1-3-9-15)30-22(20)17-11-5-4-10-16(17)14-28-30/h1-14,20-23H/t20-,21+,22-,23-/m0/s1. The number of carbonyl (C=O) groups is 3. The minimum absolute atomic E-state index is 0.230. The lowest BCUT2D eigenvalue weighted by Crippen LogP contribution is -2.44. The number of hydrogen-bond donors (Lipinski definition) is 0. The second-order valence-corrected chi connectivity index (χ2v) is 8.80. The van der Waals surface area contributed by atoms with E-state index in [-0.39, 0.29) is 11.7 Å². The van der Waals surface area contributed by atoms with Gasteiger partial charge in [-0.3, -0.25) is 19.4 Å². The first-order valence-corrected chi connectivity index (χ1v) is 11.1. The topological polar surface area (TPSA) is 70.0 Å². The second-order valence-electron chi connectivity index (χ2n) is 8.39.